The Balaban J connectivity index is 1.67. The number of aromatic nitrogens is 1. The molecule has 5 nitrogen and oxygen atoms in total. The number of carbonyl (C=O) groups excluding carboxylic acids is 1. The molecule has 2 aromatic carbocycles. The van der Waals surface area contributed by atoms with E-state index in [4.69, 9.17) is 9.15 Å². The van der Waals surface area contributed by atoms with E-state index in [0.29, 0.717) is 5.58 Å². The Labute approximate surface area is 121 Å². The number of nitrogens with zero attached hydrogens (tertiary/aromatic N) is 1. The van der Waals surface area contributed by atoms with Crippen LogP contribution in [0.1, 0.15) is 5.56 Å². The molecule has 0 unspecified atom stereocenters. The molecule has 3 rings (SSSR count). The molecule has 0 saturated carbocycles. The molecule has 0 fully saturated rings. The molecule has 1 aromatic heterocycles. The van der Waals surface area contributed by atoms with Crippen molar-refractivity contribution >= 4 is 22.7 Å². The van der Waals surface area contributed by atoms with E-state index < -0.39 is 0 Å². The first kappa shape index (κ1) is 13.2. The quantitative estimate of drug-likeness (QED) is 0.799. The van der Waals surface area contributed by atoms with E-state index >= 15 is 0 Å². The van der Waals surface area contributed by atoms with Gasteiger partial charge in [-0.3, -0.25) is 4.79 Å². The highest BCUT2D eigenvalue weighted by atomic mass is 16.5. The molecule has 5 heteroatoms. The van der Waals surface area contributed by atoms with Crippen LogP contribution in [-0.4, -0.2) is 18.0 Å². The number of nitrogens with one attached hydrogen (secondary N) is 1. The fourth-order valence-electron chi connectivity index (χ4n) is 2.07. The van der Waals surface area contributed by atoms with E-state index in [-0.39, 0.29) is 12.3 Å². The van der Waals surface area contributed by atoms with Gasteiger partial charge in [0.2, 0.25) is 5.91 Å². The van der Waals surface area contributed by atoms with Crippen LogP contribution in [0.4, 0.5) is 5.69 Å². The predicted octanol–water partition coefficient (Wildman–Crippen LogP) is 3.02. The molecule has 0 saturated heterocycles. The molecule has 0 aliphatic heterocycles. The summed E-state index contributed by atoms with van der Waals surface area (Å²) in [6.45, 7) is 0. The van der Waals surface area contributed by atoms with Crippen LogP contribution in [0.15, 0.2) is 53.3 Å². The lowest BCUT2D eigenvalue weighted by Gasteiger charge is -2.06. The topological polar surface area (TPSA) is 64.4 Å². The van der Waals surface area contributed by atoms with Crippen LogP contribution in [0.2, 0.25) is 0 Å². The van der Waals surface area contributed by atoms with Gasteiger partial charge in [-0.1, -0.05) is 6.07 Å². The molecular formula is C16H14N2O3. The van der Waals surface area contributed by atoms with Crippen molar-refractivity contribution in [3.05, 3.63) is 54.4 Å². The Morgan fingerprint density at radius 3 is 2.81 bits per heavy atom. The average Bonchev–Trinajstić information content (AvgIpc) is 2.95. The molecular weight excluding hydrogens is 268 g/mol. The smallest absolute Gasteiger partial charge is 0.228 e. The highest BCUT2D eigenvalue weighted by Crippen LogP contribution is 2.17. The van der Waals surface area contributed by atoms with Crippen LogP contribution in [0.3, 0.4) is 0 Å². The van der Waals surface area contributed by atoms with Crippen molar-refractivity contribution in [2.45, 2.75) is 6.42 Å². The van der Waals surface area contributed by atoms with Gasteiger partial charge in [-0.05, 0) is 42.0 Å². The zero-order valence-electron chi connectivity index (χ0n) is 11.5. The minimum atomic E-state index is -0.0842. The van der Waals surface area contributed by atoms with E-state index in [1.807, 2.05) is 18.2 Å². The number of methoxy groups -OCH3 is 1. The molecule has 0 bridgehead atoms. The van der Waals surface area contributed by atoms with Gasteiger partial charge in [0.25, 0.3) is 0 Å². The highest BCUT2D eigenvalue weighted by Gasteiger charge is 2.06. The second kappa shape index (κ2) is 5.66. The van der Waals surface area contributed by atoms with Gasteiger partial charge in [-0.15, -0.1) is 0 Å². The Morgan fingerprint density at radius 1 is 1.24 bits per heavy atom. The van der Waals surface area contributed by atoms with Gasteiger partial charge in [0.05, 0.1) is 13.5 Å². The third-order valence-corrected chi connectivity index (χ3v) is 3.13. The van der Waals surface area contributed by atoms with Crippen LogP contribution in [-0.2, 0) is 11.2 Å². The summed E-state index contributed by atoms with van der Waals surface area (Å²) in [4.78, 5) is 16.1. The number of carbonyl (C=O) groups is 1. The first-order valence-corrected chi connectivity index (χ1v) is 6.50. The van der Waals surface area contributed by atoms with Crippen molar-refractivity contribution in [2.75, 3.05) is 12.4 Å². The van der Waals surface area contributed by atoms with Gasteiger partial charge in [0.1, 0.15) is 11.3 Å². The zero-order chi connectivity index (χ0) is 14.7. The van der Waals surface area contributed by atoms with E-state index in [1.54, 1.807) is 31.4 Å². The lowest BCUT2D eigenvalue weighted by atomic mass is 10.1. The minimum Gasteiger partial charge on any atom is -0.497 e. The normalized spacial score (nSPS) is 10.5. The number of benzene rings is 2. The molecule has 0 spiro atoms. The minimum absolute atomic E-state index is 0.0842. The van der Waals surface area contributed by atoms with Crippen molar-refractivity contribution in [2.24, 2.45) is 0 Å². The van der Waals surface area contributed by atoms with Gasteiger partial charge in [-0.25, -0.2) is 4.98 Å². The van der Waals surface area contributed by atoms with Crippen LogP contribution >= 0.6 is 0 Å². The highest BCUT2D eigenvalue weighted by molar-refractivity contribution is 5.92. The summed E-state index contributed by atoms with van der Waals surface area (Å²) in [6.07, 6.45) is 1.68. The molecule has 0 aliphatic carbocycles. The van der Waals surface area contributed by atoms with Gasteiger partial charge < -0.3 is 14.5 Å². The Kier molecular flexibility index (Phi) is 3.55. The summed E-state index contributed by atoms with van der Waals surface area (Å²) in [6, 6.07) is 12.8. The summed E-state index contributed by atoms with van der Waals surface area (Å²) >= 11 is 0. The van der Waals surface area contributed by atoms with Crippen LogP contribution < -0.4 is 10.1 Å². The number of amides is 1. The summed E-state index contributed by atoms with van der Waals surface area (Å²) in [5, 5.41) is 2.84. The maximum Gasteiger partial charge on any atom is 0.228 e. The number of fused-ring (bicyclic) bond motifs is 1. The average molecular weight is 282 g/mol. The van der Waals surface area contributed by atoms with Gasteiger partial charge in [0.15, 0.2) is 12.0 Å². The molecule has 106 valence electrons. The Bertz CT molecular complexity index is 763. The van der Waals surface area contributed by atoms with Crippen LogP contribution in [0.5, 0.6) is 5.75 Å². The summed E-state index contributed by atoms with van der Waals surface area (Å²) < 4.78 is 10.3. The number of hydrogen-bond acceptors (Lipinski definition) is 4. The van der Waals surface area contributed by atoms with Crippen molar-refractivity contribution in [1.29, 1.82) is 0 Å². The summed E-state index contributed by atoms with van der Waals surface area (Å²) in [7, 11) is 1.60. The van der Waals surface area contributed by atoms with Crippen molar-refractivity contribution in [3.63, 3.8) is 0 Å². The van der Waals surface area contributed by atoms with Crippen molar-refractivity contribution in [3.8, 4) is 5.75 Å². The van der Waals surface area contributed by atoms with E-state index in [0.717, 1.165) is 22.5 Å². The maximum absolute atomic E-state index is 12.0. The molecule has 21 heavy (non-hydrogen) atoms. The first-order chi connectivity index (χ1) is 10.2. The fourth-order valence-corrected chi connectivity index (χ4v) is 2.07. The second-order valence-corrected chi connectivity index (χ2v) is 4.61. The maximum atomic E-state index is 12.0. The van der Waals surface area contributed by atoms with Gasteiger partial charge in [-0.2, -0.15) is 0 Å². The SMILES string of the molecule is COc1ccc(NC(=O)Cc2ccc3ncoc3c2)cc1. The molecule has 0 atom stereocenters. The molecule has 0 aliphatic rings. The Morgan fingerprint density at radius 2 is 2.05 bits per heavy atom. The fraction of sp³-hybridized carbons (Fsp3) is 0.125. The molecule has 1 heterocycles. The number of anilines is 1. The number of ether oxygens (including phenoxy) is 1. The molecule has 1 amide bonds. The summed E-state index contributed by atoms with van der Waals surface area (Å²) in [5.41, 5.74) is 3.09. The van der Waals surface area contributed by atoms with Crippen molar-refractivity contribution < 1.29 is 13.9 Å². The van der Waals surface area contributed by atoms with Gasteiger partial charge >= 0.3 is 0 Å². The van der Waals surface area contributed by atoms with Gasteiger partial charge in [0, 0.05) is 5.69 Å². The van der Waals surface area contributed by atoms with Crippen LogP contribution in [0.25, 0.3) is 11.1 Å². The van der Waals surface area contributed by atoms with E-state index in [1.165, 1.54) is 6.39 Å². The number of hydrogen-bond donors (Lipinski definition) is 1. The van der Waals surface area contributed by atoms with Crippen molar-refractivity contribution in [1.82, 2.24) is 4.98 Å². The predicted molar refractivity (Wildman–Crippen MR) is 79.3 cm³/mol. The number of rotatable bonds is 4. The molecule has 1 N–H and O–H groups in total. The van der Waals surface area contributed by atoms with Crippen LogP contribution in [0, 0.1) is 0 Å². The zero-order valence-corrected chi connectivity index (χ0v) is 11.5. The van der Waals surface area contributed by atoms with E-state index in [2.05, 4.69) is 10.3 Å². The largest absolute Gasteiger partial charge is 0.497 e. The lowest BCUT2D eigenvalue weighted by molar-refractivity contribution is -0.115. The summed E-state index contributed by atoms with van der Waals surface area (Å²) in [5.74, 6) is 0.669. The molecule has 0 radical (unpaired) electrons. The lowest BCUT2D eigenvalue weighted by Crippen LogP contribution is -2.14. The molecule has 3 aromatic rings. The first-order valence-electron chi connectivity index (χ1n) is 6.50. The monoisotopic (exact) mass is 282 g/mol. The van der Waals surface area contributed by atoms with E-state index in [9.17, 15) is 4.79 Å². The standard InChI is InChI=1S/C16H14N2O3/c1-20-13-5-3-12(4-6-13)18-16(19)9-11-2-7-14-15(8-11)21-10-17-14/h2-8,10H,9H2,1H3,(H,18,19). The third-order valence-electron chi connectivity index (χ3n) is 3.13. The third kappa shape index (κ3) is 3.02. The number of oxazole rings is 1. The second-order valence-electron chi connectivity index (χ2n) is 4.61. The Hall–Kier alpha value is -2.82.